The highest BCUT2D eigenvalue weighted by atomic mass is 79.9. The van der Waals surface area contributed by atoms with Crippen molar-refractivity contribution in [3.8, 4) is 0 Å². The Hall–Kier alpha value is -1.95. The fourth-order valence-electron chi connectivity index (χ4n) is 3.35. The maximum absolute atomic E-state index is 13.6. The van der Waals surface area contributed by atoms with Crippen molar-refractivity contribution in [1.29, 1.82) is 0 Å². The predicted molar refractivity (Wildman–Crippen MR) is 92.2 cm³/mol. The molecule has 0 bridgehead atoms. The lowest BCUT2D eigenvalue weighted by atomic mass is 9.89. The molecule has 3 aromatic rings. The number of hydrogen-bond donors (Lipinski definition) is 1. The first kappa shape index (κ1) is 14.6. The third kappa shape index (κ3) is 2.83. The minimum absolute atomic E-state index is 0.179. The molecule has 6 heteroatoms. The highest BCUT2D eigenvalue weighted by Crippen LogP contribution is 2.33. The van der Waals surface area contributed by atoms with Gasteiger partial charge >= 0.3 is 0 Å². The van der Waals surface area contributed by atoms with Gasteiger partial charge in [-0.3, -0.25) is 0 Å². The lowest BCUT2D eigenvalue weighted by molar-refractivity contribution is 0.500. The summed E-state index contributed by atoms with van der Waals surface area (Å²) in [6.07, 6.45) is 5.47. The Kier molecular flexibility index (Phi) is 3.77. The first-order chi connectivity index (χ1) is 11.2. The third-order valence-electron chi connectivity index (χ3n) is 4.48. The zero-order valence-electron chi connectivity index (χ0n) is 12.5. The van der Waals surface area contributed by atoms with Crippen molar-refractivity contribution < 1.29 is 4.39 Å². The second-order valence-corrected chi connectivity index (χ2v) is 6.82. The van der Waals surface area contributed by atoms with Gasteiger partial charge in [0, 0.05) is 23.8 Å². The van der Waals surface area contributed by atoms with Gasteiger partial charge in [-0.25, -0.2) is 14.4 Å². The van der Waals surface area contributed by atoms with E-state index in [4.69, 9.17) is 0 Å². The molecule has 118 valence electrons. The van der Waals surface area contributed by atoms with Crippen LogP contribution in [0.3, 0.4) is 0 Å². The number of rotatable bonds is 2. The summed E-state index contributed by atoms with van der Waals surface area (Å²) in [7, 11) is 0. The van der Waals surface area contributed by atoms with Crippen LogP contribution in [0.1, 0.15) is 24.3 Å². The molecule has 1 fully saturated rings. The Morgan fingerprint density at radius 3 is 2.78 bits per heavy atom. The number of nitrogens with zero attached hydrogens (tertiary/aromatic N) is 3. The van der Waals surface area contributed by atoms with E-state index in [9.17, 15) is 4.39 Å². The van der Waals surface area contributed by atoms with Crippen molar-refractivity contribution in [2.45, 2.75) is 18.8 Å². The van der Waals surface area contributed by atoms with Crippen LogP contribution < -0.4 is 4.90 Å². The van der Waals surface area contributed by atoms with Gasteiger partial charge in [-0.05, 0) is 48.6 Å². The summed E-state index contributed by atoms with van der Waals surface area (Å²) in [6.45, 7) is 1.83. The van der Waals surface area contributed by atoms with Gasteiger partial charge in [-0.15, -0.1) is 0 Å². The van der Waals surface area contributed by atoms with Gasteiger partial charge in [0.15, 0.2) is 0 Å². The topological polar surface area (TPSA) is 44.8 Å². The van der Waals surface area contributed by atoms with Crippen molar-refractivity contribution in [2.24, 2.45) is 0 Å². The van der Waals surface area contributed by atoms with E-state index in [0.29, 0.717) is 5.92 Å². The number of H-pyrrole nitrogens is 1. The first-order valence-electron chi connectivity index (χ1n) is 7.70. The molecule has 1 saturated heterocycles. The van der Waals surface area contributed by atoms with Gasteiger partial charge in [0.1, 0.15) is 23.6 Å². The number of benzene rings is 1. The Balaban J connectivity index is 1.54. The maximum Gasteiger partial charge on any atom is 0.142 e. The Bertz CT molecular complexity index is 819. The molecule has 1 aliphatic heterocycles. The highest BCUT2D eigenvalue weighted by molar-refractivity contribution is 9.10. The number of anilines is 1. The highest BCUT2D eigenvalue weighted by Gasteiger charge is 2.23. The van der Waals surface area contributed by atoms with Gasteiger partial charge in [-0.2, -0.15) is 0 Å². The van der Waals surface area contributed by atoms with Crippen molar-refractivity contribution >= 4 is 32.8 Å². The fraction of sp³-hybridized carbons (Fsp3) is 0.294. The van der Waals surface area contributed by atoms with Crippen LogP contribution in [0.4, 0.5) is 10.2 Å². The van der Waals surface area contributed by atoms with Crippen molar-refractivity contribution in [3.05, 3.63) is 52.6 Å². The second-order valence-electron chi connectivity index (χ2n) is 5.90. The van der Waals surface area contributed by atoms with E-state index in [1.807, 2.05) is 18.3 Å². The molecule has 0 amide bonds. The Labute approximate surface area is 141 Å². The molecule has 0 radical (unpaired) electrons. The van der Waals surface area contributed by atoms with Gasteiger partial charge < -0.3 is 9.88 Å². The molecule has 4 nitrogen and oxygen atoms in total. The van der Waals surface area contributed by atoms with Crippen LogP contribution in [0.25, 0.3) is 11.0 Å². The van der Waals surface area contributed by atoms with Crippen LogP contribution in [-0.4, -0.2) is 28.0 Å². The van der Waals surface area contributed by atoms with Gasteiger partial charge in [0.25, 0.3) is 0 Å². The Morgan fingerprint density at radius 2 is 2.00 bits per heavy atom. The number of aromatic nitrogens is 3. The summed E-state index contributed by atoms with van der Waals surface area (Å²) in [5.74, 6) is 1.19. The lowest BCUT2D eigenvalue weighted by Crippen LogP contribution is -2.33. The van der Waals surface area contributed by atoms with E-state index >= 15 is 0 Å². The molecular weight excluding hydrogens is 359 g/mol. The molecular formula is C17H16BrFN4. The summed E-state index contributed by atoms with van der Waals surface area (Å²) in [5.41, 5.74) is 1.94. The first-order valence-corrected chi connectivity index (χ1v) is 8.49. The predicted octanol–water partition coefficient (Wildman–Crippen LogP) is 4.24. The molecule has 4 rings (SSSR count). The van der Waals surface area contributed by atoms with E-state index < -0.39 is 0 Å². The number of nitrogens with one attached hydrogen (secondary N) is 1. The standard InChI is InChI=1S/C17H16BrFN4/c18-13-7-12(8-14(19)9-13)11-2-5-23(6-3-11)17-15-1-4-20-16(15)21-10-22-17/h1,4,7-11H,2-3,5-6H2,(H,20,21,22). The molecule has 3 heterocycles. The summed E-state index contributed by atoms with van der Waals surface area (Å²) in [4.78, 5) is 14.1. The molecule has 0 atom stereocenters. The number of fused-ring (bicyclic) bond motifs is 1. The molecule has 0 saturated carbocycles. The SMILES string of the molecule is Fc1cc(Br)cc(C2CCN(c3ncnc4[nH]ccc34)CC2)c1. The number of halogens is 2. The van der Waals surface area contributed by atoms with E-state index in [1.54, 1.807) is 12.4 Å². The van der Waals surface area contributed by atoms with Crippen LogP contribution in [0.5, 0.6) is 0 Å². The number of aromatic amines is 1. The van der Waals surface area contributed by atoms with Crippen LogP contribution in [0, 0.1) is 5.82 Å². The number of piperidine rings is 1. The van der Waals surface area contributed by atoms with E-state index in [-0.39, 0.29) is 5.82 Å². The van der Waals surface area contributed by atoms with Crippen molar-refractivity contribution in [2.75, 3.05) is 18.0 Å². The summed E-state index contributed by atoms with van der Waals surface area (Å²) >= 11 is 3.38. The summed E-state index contributed by atoms with van der Waals surface area (Å²) in [6, 6.07) is 7.20. The van der Waals surface area contributed by atoms with Crippen molar-refractivity contribution in [3.63, 3.8) is 0 Å². The molecule has 0 aliphatic carbocycles. The smallest absolute Gasteiger partial charge is 0.142 e. The molecule has 0 unspecified atom stereocenters. The zero-order valence-corrected chi connectivity index (χ0v) is 14.1. The second kappa shape index (κ2) is 5.92. The summed E-state index contributed by atoms with van der Waals surface area (Å²) < 4.78 is 14.4. The molecule has 1 N–H and O–H groups in total. The molecule has 1 aromatic carbocycles. The minimum Gasteiger partial charge on any atom is -0.356 e. The Morgan fingerprint density at radius 1 is 1.17 bits per heavy atom. The zero-order chi connectivity index (χ0) is 15.8. The fourth-order valence-corrected chi connectivity index (χ4v) is 3.83. The van der Waals surface area contributed by atoms with E-state index in [1.165, 1.54) is 6.07 Å². The lowest BCUT2D eigenvalue weighted by Gasteiger charge is -2.33. The summed E-state index contributed by atoms with van der Waals surface area (Å²) in [5, 5.41) is 1.06. The van der Waals surface area contributed by atoms with E-state index in [0.717, 1.165) is 52.8 Å². The molecule has 0 spiro atoms. The number of hydrogen-bond acceptors (Lipinski definition) is 3. The normalized spacial score (nSPS) is 16.2. The molecule has 1 aliphatic rings. The average Bonchev–Trinajstić information content (AvgIpc) is 3.02. The van der Waals surface area contributed by atoms with Crippen LogP contribution >= 0.6 is 15.9 Å². The molecule has 23 heavy (non-hydrogen) atoms. The molecule has 2 aromatic heterocycles. The van der Waals surface area contributed by atoms with Crippen LogP contribution in [-0.2, 0) is 0 Å². The minimum atomic E-state index is -0.179. The van der Waals surface area contributed by atoms with Crippen LogP contribution in [0.15, 0.2) is 41.3 Å². The quantitative estimate of drug-likeness (QED) is 0.729. The average molecular weight is 375 g/mol. The van der Waals surface area contributed by atoms with Gasteiger partial charge in [-0.1, -0.05) is 15.9 Å². The maximum atomic E-state index is 13.6. The van der Waals surface area contributed by atoms with Gasteiger partial charge in [0.2, 0.25) is 0 Å². The third-order valence-corrected chi connectivity index (χ3v) is 4.94. The van der Waals surface area contributed by atoms with Gasteiger partial charge in [0.05, 0.1) is 5.39 Å². The van der Waals surface area contributed by atoms with Crippen molar-refractivity contribution in [1.82, 2.24) is 15.0 Å². The van der Waals surface area contributed by atoms with Crippen LogP contribution in [0.2, 0.25) is 0 Å². The monoisotopic (exact) mass is 374 g/mol. The van der Waals surface area contributed by atoms with E-state index in [2.05, 4.69) is 35.8 Å². The largest absolute Gasteiger partial charge is 0.356 e.